The smallest absolute Gasteiger partial charge is 0.190 e. The summed E-state index contributed by atoms with van der Waals surface area (Å²) < 4.78 is 21.8. The minimum atomic E-state index is -3.09. The first-order chi connectivity index (χ1) is 7.31. The lowest BCUT2D eigenvalue weighted by Crippen LogP contribution is -2.32. The molecular formula is C9H12ClNO3S2. The van der Waals surface area contributed by atoms with E-state index in [0.29, 0.717) is 9.90 Å². The molecule has 0 aliphatic heterocycles. The molecule has 90 valence electrons. The average Bonchev–Trinajstić information content (AvgIpc) is 2.58. The fourth-order valence-corrected chi connectivity index (χ4v) is 2.94. The first kappa shape index (κ1) is 13.6. The van der Waals surface area contributed by atoms with Gasteiger partial charge in [-0.25, -0.2) is 8.42 Å². The molecule has 1 unspecified atom stereocenters. The Morgan fingerprint density at radius 2 is 2.25 bits per heavy atom. The van der Waals surface area contributed by atoms with E-state index in [4.69, 9.17) is 17.3 Å². The van der Waals surface area contributed by atoms with Gasteiger partial charge in [-0.1, -0.05) is 11.6 Å². The second-order valence-corrected chi connectivity index (χ2v) is 7.07. The Morgan fingerprint density at radius 3 is 2.69 bits per heavy atom. The summed E-state index contributed by atoms with van der Waals surface area (Å²) >= 11 is 6.99. The SMILES string of the molecule is CS(=O)(=O)CCC(N)C(=O)c1sccc1Cl. The topological polar surface area (TPSA) is 77.2 Å². The number of halogens is 1. The monoisotopic (exact) mass is 281 g/mol. The van der Waals surface area contributed by atoms with Crippen LogP contribution in [0, 0.1) is 0 Å². The van der Waals surface area contributed by atoms with Gasteiger partial charge >= 0.3 is 0 Å². The Hall–Kier alpha value is -0.430. The number of hydrogen-bond donors (Lipinski definition) is 1. The molecule has 1 aromatic heterocycles. The third kappa shape index (κ3) is 3.86. The van der Waals surface area contributed by atoms with Gasteiger partial charge in [0.25, 0.3) is 0 Å². The fourth-order valence-electron chi connectivity index (χ4n) is 1.11. The standard InChI is InChI=1S/C9H12ClNO3S2/c1-16(13,14)5-3-7(11)8(12)9-6(10)2-4-15-9/h2,4,7H,3,5,11H2,1H3. The van der Waals surface area contributed by atoms with Crippen LogP contribution in [0.5, 0.6) is 0 Å². The van der Waals surface area contributed by atoms with Crippen LogP contribution in [0.3, 0.4) is 0 Å². The third-order valence-corrected chi connectivity index (χ3v) is 4.31. The van der Waals surface area contributed by atoms with Crippen LogP contribution in [0.4, 0.5) is 0 Å². The van der Waals surface area contributed by atoms with Gasteiger partial charge in [-0.15, -0.1) is 11.3 Å². The van der Waals surface area contributed by atoms with Crippen LogP contribution in [-0.2, 0) is 9.84 Å². The van der Waals surface area contributed by atoms with Crippen molar-refractivity contribution in [2.24, 2.45) is 5.73 Å². The highest BCUT2D eigenvalue weighted by atomic mass is 35.5. The highest BCUT2D eigenvalue weighted by molar-refractivity contribution is 7.90. The zero-order chi connectivity index (χ0) is 12.3. The maximum Gasteiger partial charge on any atom is 0.190 e. The van der Waals surface area contributed by atoms with E-state index in [-0.39, 0.29) is 18.0 Å². The molecule has 4 nitrogen and oxygen atoms in total. The predicted molar refractivity (Wildman–Crippen MR) is 66.0 cm³/mol. The van der Waals surface area contributed by atoms with Gasteiger partial charge in [-0.2, -0.15) is 0 Å². The Bertz CT molecular complexity index is 481. The van der Waals surface area contributed by atoms with Gasteiger partial charge < -0.3 is 5.73 Å². The molecule has 7 heteroatoms. The quantitative estimate of drug-likeness (QED) is 0.827. The largest absolute Gasteiger partial charge is 0.321 e. The van der Waals surface area contributed by atoms with Crippen LogP contribution in [0.25, 0.3) is 0 Å². The van der Waals surface area contributed by atoms with Crippen LogP contribution in [-0.4, -0.2) is 32.3 Å². The second-order valence-electron chi connectivity index (χ2n) is 3.49. The predicted octanol–water partition coefficient (Wildman–Crippen LogP) is 1.35. The van der Waals surface area contributed by atoms with Crippen LogP contribution >= 0.6 is 22.9 Å². The number of Topliss-reactive ketones (excluding diaryl/α,β-unsaturated/α-hetero) is 1. The second kappa shape index (κ2) is 5.27. The summed E-state index contributed by atoms with van der Waals surface area (Å²) in [5.74, 6) is -0.397. The summed E-state index contributed by atoms with van der Waals surface area (Å²) in [6, 6.07) is 0.800. The molecule has 0 aliphatic carbocycles. The number of carbonyl (C=O) groups excluding carboxylic acids is 1. The molecule has 0 amide bonds. The van der Waals surface area contributed by atoms with Crippen molar-refractivity contribution in [3.8, 4) is 0 Å². The van der Waals surface area contributed by atoms with E-state index in [1.165, 1.54) is 11.3 Å². The molecule has 0 saturated heterocycles. The molecule has 0 spiro atoms. The van der Waals surface area contributed by atoms with Gasteiger partial charge in [0.2, 0.25) is 0 Å². The van der Waals surface area contributed by atoms with Gasteiger partial charge in [-0.05, 0) is 17.9 Å². The van der Waals surface area contributed by atoms with E-state index < -0.39 is 15.9 Å². The number of nitrogens with two attached hydrogens (primary N) is 1. The zero-order valence-corrected chi connectivity index (χ0v) is 11.0. The van der Waals surface area contributed by atoms with Crippen molar-refractivity contribution in [3.63, 3.8) is 0 Å². The van der Waals surface area contributed by atoms with E-state index >= 15 is 0 Å². The number of hydrogen-bond acceptors (Lipinski definition) is 5. The molecule has 0 saturated carbocycles. The molecule has 0 aliphatic rings. The molecule has 0 radical (unpaired) electrons. The summed E-state index contributed by atoms with van der Waals surface area (Å²) in [4.78, 5) is 12.1. The zero-order valence-electron chi connectivity index (χ0n) is 8.64. The minimum Gasteiger partial charge on any atom is -0.321 e. The fraction of sp³-hybridized carbons (Fsp3) is 0.444. The molecule has 0 aromatic carbocycles. The summed E-state index contributed by atoms with van der Waals surface area (Å²) in [5, 5.41) is 2.06. The van der Waals surface area contributed by atoms with E-state index in [2.05, 4.69) is 0 Å². The summed E-state index contributed by atoms with van der Waals surface area (Å²) in [5.41, 5.74) is 5.62. The number of ketones is 1. The van der Waals surface area contributed by atoms with Crippen LogP contribution in [0.15, 0.2) is 11.4 Å². The Morgan fingerprint density at radius 1 is 1.62 bits per heavy atom. The maximum atomic E-state index is 11.7. The first-order valence-electron chi connectivity index (χ1n) is 4.52. The third-order valence-electron chi connectivity index (χ3n) is 1.98. The molecule has 2 N–H and O–H groups in total. The highest BCUT2D eigenvalue weighted by Crippen LogP contribution is 2.23. The molecule has 1 rings (SSSR count). The van der Waals surface area contributed by atoms with Gasteiger partial charge in [0.15, 0.2) is 5.78 Å². The lowest BCUT2D eigenvalue weighted by atomic mass is 10.1. The lowest BCUT2D eigenvalue weighted by Gasteiger charge is -2.08. The van der Waals surface area contributed by atoms with Crippen LogP contribution in [0.2, 0.25) is 5.02 Å². The van der Waals surface area contributed by atoms with Crippen molar-refractivity contribution in [2.75, 3.05) is 12.0 Å². The first-order valence-corrected chi connectivity index (χ1v) is 7.83. The molecule has 1 atom stereocenters. The lowest BCUT2D eigenvalue weighted by molar-refractivity contribution is 0.0964. The van der Waals surface area contributed by atoms with Gasteiger partial charge in [0.1, 0.15) is 9.84 Å². The summed E-state index contributed by atoms with van der Waals surface area (Å²) in [6.07, 6.45) is 1.23. The Balaban J connectivity index is 2.66. The Labute approximate surface area is 103 Å². The van der Waals surface area contributed by atoms with Crippen molar-refractivity contribution in [1.29, 1.82) is 0 Å². The van der Waals surface area contributed by atoms with Crippen LogP contribution < -0.4 is 5.73 Å². The van der Waals surface area contributed by atoms with Crippen molar-refractivity contribution in [1.82, 2.24) is 0 Å². The maximum absolute atomic E-state index is 11.7. The normalized spacial score (nSPS) is 13.7. The average molecular weight is 282 g/mol. The minimum absolute atomic E-state index is 0.0943. The van der Waals surface area contributed by atoms with Gasteiger partial charge in [0.05, 0.1) is 21.7 Å². The molecular weight excluding hydrogens is 270 g/mol. The number of thiophene rings is 1. The molecule has 0 fully saturated rings. The van der Waals surface area contributed by atoms with Gasteiger partial charge in [0, 0.05) is 6.26 Å². The molecule has 1 heterocycles. The van der Waals surface area contributed by atoms with Gasteiger partial charge in [-0.3, -0.25) is 4.79 Å². The van der Waals surface area contributed by atoms with Crippen LogP contribution in [0.1, 0.15) is 16.1 Å². The van der Waals surface area contributed by atoms with E-state index in [0.717, 1.165) is 6.26 Å². The summed E-state index contributed by atoms with van der Waals surface area (Å²) in [7, 11) is -3.09. The van der Waals surface area contributed by atoms with E-state index in [1.807, 2.05) is 0 Å². The number of rotatable bonds is 5. The molecule has 1 aromatic rings. The van der Waals surface area contributed by atoms with Crippen molar-refractivity contribution < 1.29 is 13.2 Å². The number of sulfone groups is 1. The van der Waals surface area contributed by atoms with Crippen molar-refractivity contribution >= 4 is 38.6 Å². The van der Waals surface area contributed by atoms with Crippen molar-refractivity contribution in [3.05, 3.63) is 21.3 Å². The summed E-state index contributed by atoms with van der Waals surface area (Å²) in [6.45, 7) is 0. The van der Waals surface area contributed by atoms with Crippen molar-refractivity contribution in [2.45, 2.75) is 12.5 Å². The molecule has 16 heavy (non-hydrogen) atoms. The number of carbonyl (C=O) groups is 1. The highest BCUT2D eigenvalue weighted by Gasteiger charge is 2.20. The molecule has 0 bridgehead atoms. The van der Waals surface area contributed by atoms with E-state index in [9.17, 15) is 13.2 Å². The Kier molecular flexibility index (Phi) is 4.49. The van der Waals surface area contributed by atoms with E-state index in [1.54, 1.807) is 11.4 Å².